The molecule has 0 unspecified atom stereocenters. The molecule has 0 aliphatic rings. The highest BCUT2D eigenvalue weighted by molar-refractivity contribution is 4.60. The highest BCUT2D eigenvalue weighted by Gasteiger charge is 2.04. The van der Waals surface area contributed by atoms with Crippen molar-refractivity contribution in [2.75, 3.05) is 13.2 Å². The van der Waals surface area contributed by atoms with Gasteiger partial charge in [-0.15, -0.1) is 0 Å². The molecule has 0 aliphatic heterocycles. The van der Waals surface area contributed by atoms with Crippen molar-refractivity contribution in [3.05, 3.63) is 25.7 Å². The predicted octanol–water partition coefficient (Wildman–Crippen LogP) is 2.33. The van der Waals surface area contributed by atoms with Gasteiger partial charge >= 0.3 is 0 Å². The fourth-order valence-electron chi connectivity index (χ4n) is 0.692. The van der Waals surface area contributed by atoms with E-state index in [2.05, 4.69) is 20.1 Å². The molecule has 0 radical (unpaired) electrons. The van der Waals surface area contributed by atoms with E-state index in [4.69, 9.17) is 9.47 Å². The molecular formula is C9H16O2. The SMILES string of the molecule is C=COCC(CC)COC=C. The Morgan fingerprint density at radius 2 is 1.64 bits per heavy atom. The van der Waals surface area contributed by atoms with E-state index in [0.29, 0.717) is 19.1 Å². The largest absolute Gasteiger partial charge is 0.501 e. The van der Waals surface area contributed by atoms with Crippen molar-refractivity contribution in [1.82, 2.24) is 0 Å². The molecule has 2 nitrogen and oxygen atoms in total. The van der Waals surface area contributed by atoms with Crippen LogP contribution in [0.5, 0.6) is 0 Å². The van der Waals surface area contributed by atoms with Crippen LogP contribution in [0.25, 0.3) is 0 Å². The van der Waals surface area contributed by atoms with E-state index in [-0.39, 0.29) is 0 Å². The molecule has 11 heavy (non-hydrogen) atoms. The molecule has 0 fully saturated rings. The smallest absolute Gasteiger partial charge is 0.0933 e. The minimum atomic E-state index is 0.436. The minimum absolute atomic E-state index is 0.436. The summed E-state index contributed by atoms with van der Waals surface area (Å²) in [6.45, 7) is 10.4. The number of hydrogen-bond acceptors (Lipinski definition) is 2. The van der Waals surface area contributed by atoms with Crippen LogP contribution < -0.4 is 0 Å². The Kier molecular flexibility index (Phi) is 6.59. The average molecular weight is 156 g/mol. The first-order valence-corrected chi connectivity index (χ1v) is 3.80. The van der Waals surface area contributed by atoms with Crippen molar-refractivity contribution >= 4 is 0 Å². The molecule has 64 valence electrons. The highest BCUT2D eigenvalue weighted by Crippen LogP contribution is 2.03. The zero-order valence-electron chi connectivity index (χ0n) is 7.08. The molecule has 0 N–H and O–H groups in total. The summed E-state index contributed by atoms with van der Waals surface area (Å²) < 4.78 is 10.1. The van der Waals surface area contributed by atoms with Gasteiger partial charge in [-0.3, -0.25) is 0 Å². The highest BCUT2D eigenvalue weighted by atomic mass is 16.5. The van der Waals surface area contributed by atoms with Gasteiger partial charge in [0.05, 0.1) is 25.7 Å². The van der Waals surface area contributed by atoms with E-state index in [1.807, 2.05) is 0 Å². The number of ether oxygens (including phenoxy) is 2. The molecule has 0 heterocycles. The molecule has 0 saturated heterocycles. The van der Waals surface area contributed by atoms with E-state index < -0.39 is 0 Å². The summed E-state index contributed by atoms with van der Waals surface area (Å²) >= 11 is 0. The van der Waals surface area contributed by atoms with Crippen molar-refractivity contribution in [3.63, 3.8) is 0 Å². The summed E-state index contributed by atoms with van der Waals surface area (Å²) in [4.78, 5) is 0. The van der Waals surface area contributed by atoms with E-state index >= 15 is 0 Å². The number of rotatable bonds is 7. The first-order valence-electron chi connectivity index (χ1n) is 3.80. The fraction of sp³-hybridized carbons (Fsp3) is 0.556. The van der Waals surface area contributed by atoms with Crippen LogP contribution in [0.1, 0.15) is 13.3 Å². The van der Waals surface area contributed by atoms with E-state index in [1.54, 1.807) is 0 Å². The standard InChI is InChI=1S/C9H16O2/c1-4-9(7-10-5-2)8-11-6-3/h5-6,9H,2-4,7-8H2,1H3. The third-order valence-electron chi connectivity index (χ3n) is 1.48. The Morgan fingerprint density at radius 1 is 1.18 bits per heavy atom. The summed E-state index contributed by atoms with van der Waals surface area (Å²) in [5.41, 5.74) is 0. The number of hydrogen-bond donors (Lipinski definition) is 0. The van der Waals surface area contributed by atoms with Gasteiger partial charge in [-0.25, -0.2) is 0 Å². The van der Waals surface area contributed by atoms with Gasteiger partial charge in [0.2, 0.25) is 0 Å². The predicted molar refractivity (Wildman–Crippen MR) is 46.1 cm³/mol. The van der Waals surface area contributed by atoms with E-state index in [9.17, 15) is 0 Å². The quantitative estimate of drug-likeness (QED) is 0.527. The molecule has 0 bridgehead atoms. The second-order valence-corrected chi connectivity index (χ2v) is 2.27. The second kappa shape index (κ2) is 7.19. The summed E-state index contributed by atoms with van der Waals surface area (Å²) in [5.74, 6) is 0.436. The van der Waals surface area contributed by atoms with Gasteiger partial charge in [-0.1, -0.05) is 20.1 Å². The van der Waals surface area contributed by atoms with Gasteiger partial charge < -0.3 is 9.47 Å². The molecule has 0 aromatic rings. The van der Waals surface area contributed by atoms with Crippen molar-refractivity contribution < 1.29 is 9.47 Å². The molecule has 2 heteroatoms. The molecular weight excluding hydrogens is 140 g/mol. The van der Waals surface area contributed by atoms with Gasteiger partial charge in [-0.2, -0.15) is 0 Å². The van der Waals surface area contributed by atoms with Crippen molar-refractivity contribution in [2.24, 2.45) is 5.92 Å². The topological polar surface area (TPSA) is 18.5 Å². The Labute approximate surface area is 68.5 Å². The zero-order chi connectivity index (χ0) is 8.53. The van der Waals surface area contributed by atoms with Crippen LogP contribution in [0.4, 0.5) is 0 Å². The maximum Gasteiger partial charge on any atom is 0.0933 e. The lowest BCUT2D eigenvalue weighted by Crippen LogP contribution is -2.12. The lowest BCUT2D eigenvalue weighted by Gasteiger charge is -2.12. The molecule has 0 atom stereocenters. The van der Waals surface area contributed by atoms with E-state index in [1.165, 1.54) is 12.5 Å². The molecule has 0 amide bonds. The lowest BCUT2D eigenvalue weighted by atomic mass is 10.1. The van der Waals surface area contributed by atoms with Crippen LogP contribution in [0, 0.1) is 5.92 Å². The fourth-order valence-corrected chi connectivity index (χ4v) is 0.692. The van der Waals surface area contributed by atoms with Gasteiger partial charge in [-0.05, 0) is 6.42 Å². The molecule has 0 aromatic heterocycles. The Balaban J connectivity index is 3.39. The van der Waals surface area contributed by atoms with Crippen LogP contribution in [-0.2, 0) is 9.47 Å². The minimum Gasteiger partial charge on any atom is -0.501 e. The third-order valence-corrected chi connectivity index (χ3v) is 1.48. The van der Waals surface area contributed by atoms with Crippen LogP contribution in [0.2, 0.25) is 0 Å². The molecule has 0 rings (SSSR count). The lowest BCUT2D eigenvalue weighted by molar-refractivity contribution is 0.121. The normalized spacial score (nSPS) is 9.27. The van der Waals surface area contributed by atoms with Crippen molar-refractivity contribution in [3.8, 4) is 0 Å². The van der Waals surface area contributed by atoms with Gasteiger partial charge in [0.25, 0.3) is 0 Å². The monoisotopic (exact) mass is 156 g/mol. The van der Waals surface area contributed by atoms with Crippen LogP contribution in [0.3, 0.4) is 0 Å². The molecule has 0 spiro atoms. The second-order valence-electron chi connectivity index (χ2n) is 2.27. The first kappa shape index (κ1) is 10.1. The third kappa shape index (κ3) is 5.52. The Bertz CT molecular complexity index is 98.1. The Morgan fingerprint density at radius 3 is 1.91 bits per heavy atom. The van der Waals surface area contributed by atoms with Crippen molar-refractivity contribution in [1.29, 1.82) is 0 Å². The molecule has 0 aliphatic carbocycles. The van der Waals surface area contributed by atoms with Gasteiger partial charge in [0, 0.05) is 5.92 Å². The molecule has 0 aromatic carbocycles. The average Bonchev–Trinajstić information content (AvgIpc) is 2.05. The maximum absolute atomic E-state index is 5.03. The van der Waals surface area contributed by atoms with Crippen LogP contribution >= 0.6 is 0 Å². The van der Waals surface area contributed by atoms with Gasteiger partial charge in [0.15, 0.2) is 0 Å². The Hall–Kier alpha value is -0.920. The van der Waals surface area contributed by atoms with Crippen LogP contribution in [-0.4, -0.2) is 13.2 Å². The van der Waals surface area contributed by atoms with Crippen molar-refractivity contribution in [2.45, 2.75) is 13.3 Å². The summed E-state index contributed by atoms with van der Waals surface area (Å²) in [6.07, 6.45) is 3.95. The van der Waals surface area contributed by atoms with E-state index in [0.717, 1.165) is 6.42 Å². The van der Waals surface area contributed by atoms with Crippen LogP contribution in [0.15, 0.2) is 25.7 Å². The van der Waals surface area contributed by atoms with Gasteiger partial charge in [0.1, 0.15) is 0 Å². The summed E-state index contributed by atoms with van der Waals surface area (Å²) in [5, 5.41) is 0. The molecule has 0 saturated carbocycles. The zero-order valence-corrected chi connectivity index (χ0v) is 7.08. The summed E-state index contributed by atoms with van der Waals surface area (Å²) in [6, 6.07) is 0. The first-order chi connectivity index (χ1) is 5.35. The maximum atomic E-state index is 5.03. The summed E-state index contributed by atoms with van der Waals surface area (Å²) in [7, 11) is 0.